The number of rotatable bonds is 10. The minimum Gasteiger partial charge on any atom is -0.481 e. The molecule has 2 N–H and O–H groups in total. The van der Waals surface area contributed by atoms with Gasteiger partial charge in [-0.05, 0) is 56.1 Å². The number of nitrogens with one attached hydrogen (secondary N) is 1. The number of aromatic nitrogens is 2. The molecule has 0 radical (unpaired) electrons. The molecule has 1 heterocycles. The van der Waals surface area contributed by atoms with E-state index in [0.717, 1.165) is 35.1 Å². The number of aliphatic carboxylic acids is 1. The first-order chi connectivity index (χ1) is 19.9. The molecule has 0 fully saturated rings. The summed E-state index contributed by atoms with van der Waals surface area (Å²) in [5, 5.41) is 17.2. The number of carbonyl (C=O) groups excluding carboxylic acids is 1. The van der Waals surface area contributed by atoms with Crippen LogP contribution < -0.4 is 5.32 Å². The minimum absolute atomic E-state index is 0.0523. The molecule has 42 heavy (non-hydrogen) atoms. The van der Waals surface area contributed by atoms with Crippen molar-refractivity contribution in [2.45, 2.75) is 70.4 Å². The van der Waals surface area contributed by atoms with Crippen LogP contribution in [0, 0.1) is 17.8 Å². The summed E-state index contributed by atoms with van der Waals surface area (Å²) in [5.41, 5.74) is 3.70. The first kappa shape index (κ1) is 32.1. The summed E-state index contributed by atoms with van der Waals surface area (Å²) in [4.78, 5) is 23.6. The maximum atomic E-state index is 13.9. The highest BCUT2D eigenvalue weighted by molar-refractivity contribution is 6.48. The maximum absolute atomic E-state index is 13.9. The lowest BCUT2D eigenvalue weighted by atomic mass is 9.72. The number of carboxylic acid groups (broad SMARTS) is 1. The molecule has 1 amide bonds. The fourth-order valence-electron chi connectivity index (χ4n) is 6.17. The zero-order chi connectivity index (χ0) is 30.6. The quantitative estimate of drug-likeness (QED) is 0.281. The molecule has 0 saturated carbocycles. The molecule has 0 saturated heterocycles. The van der Waals surface area contributed by atoms with Crippen molar-refractivity contribution in [3.63, 3.8) is 0 Å². The number of alkyl halides is 3. The molecule has 4 atom stereocenters. The fourth-order valence-corrected chi connectivity index (χ4v) is 6.71. The second-order valence-electron chi connectivity index (χ2n) is 11.1. The standard InChI is InChI=1S/C31H36Cl2F3N3O3/c1-3-5-23(18-6-4-7-20(9-8-18)30(42)37-15-14-26(40)41)27(19-10-12-22(32)13-11-19)28-24-16-21(31(34,35)36)17-25(33)29(24)39(2)38-28/h4,6,8,10,12,17,20-21,23,27H,3,5,7,9,11,13-16H2,1-2H3,(H,37,42)(H,40,41). The van der Waals surface area contributed by atoms with E-state index in [-0.39, 0.29) is 48.1 Å². The largest absolute Gasteiger partial charge is 0.481 e. The van der Waals surface area contributed by atoms with Crippen LogP contribution in [0.1, 0.15) is 74.7 Å². The van der Waals surface area contributed by atoms with Gasteiger partial charge in [-0.25, -0.2) is 0 Å². The van der Waals surface area contributed by atoms with Gasteiger partial charge in [0.1, 0.15) is 0 Å². The van der Waals surface area contributed by atoms with E-state index in [0.29, 0.717) is 42.6 Å². The number of hydrogen-bond donors (Lipinski definition) is 2. The number of fused-ring (bicyclic) bond motifs is 1. The highest BCUT2D eigenvalue weighted by atomic mass is 35.5. The molecule has 3 aliphatic rings. The van der Waals surface area contributed by atoms with E-state index in [9.17, 15) is 22.8 Å². The van der Waals surface area contributed by atoms with Crippen molar-refractivity contribution < 1.29 is 27.9 Å². The number of aryl methyl sites for hydroxylation is 1. The number of carbonyl (C=O) groups is 2. The summed E-state index contributed by atoms with van der Waals surface area (Å²) in [6.07, 6.45) is 9.95. The van der Waals surface area contributed by atoms with Crippen molar-refractivity contribution in [1.29, 1.82) is 0 Å². The van der Waals surface area contributed by atoms with Gasteiger partial charge in [0, 0.05) is 36.0 Å². The van der Waals surface area contributed by atoms with Gasteiger partial charge in [0.15, 0.2) is 0 Å². The number of halogens is 5. The molecule has 6 nitrogen and oxygen atoms in total. The Morgan fingerprint density at radius 3 is 2.62 bits per heavy atom. The van der Waals surface area contributed by atoms with Gasteiger partial charge < -0.3 is 10.4 Å². The van der Waals surface area contributed by atoms with Gasteiger partial charge in [-0.2, -0.15) is 18.3 Å². The normalized spacial score (nSPS) is 22.2. The van der Waals surface area contributed by atoms with Crippen LogP contribution in [0.25, 0.3) is 5.03 Å². The third-order valence-electron chi connectivity index (χ3n) is 8.23. The highest BCUT2D eigenvalue weighted by Crippen LogP contribution is 2.48. The van der Waals surface area contributed by atoms with E-state index in [1.54, 1.807) is 11.7 Å². The maximum Gasteiger partial charge on any atom is 0.395 e. The van der Waals surface area contributed by atoms with Crippen LogP contribution in [0.15, 0.2) is 52.6 Å². The summed E-state index contributed by atoms with van der Waals surface area (Å²) in [6.45, 7) is 2.14. The van der Waals surface area contributed by atoms with Gasteiger partial charge >= 0.3 is 12.1 Å². The van der Waals surface area contributed by atoms with Crippen LogP contribution in [0.5, 0.6) is 0 Å². The van der Waals surface area contributed by atoms with Gasteiger partial charge in [-0.15, -0.1) is 0 Å². The Hall–Kier alpha value is -2.78. The molecular weight excluding hydrogens is 590 g/mol. The molecule has 0 bridgehead atoms. The summed E-state index contributed by atoms with van der Waals surface area (Å²) in [7, 11) is 1.71. The topological polar surface area (TPSA) is 84.2 Å². The van der Waals surface area contributed by atoms with E-state index in [1.165, 1.54) is 0 Å². The number of carboxylic acids is 1. The summed E-state index contributed by atoms with van der Waals surface area (Å²) in [6, 6.07) is 0. The zero-order valence-corrected chi connectivity index (χ0v) is 25.2. The van der Waals surface area contributed by atoms with Gasteiger partial charge in [0.05, 0.1) is 28.8 Å². The molecule has 228 valence electrons. The lowest BCUT2D eigenvalue weighted by Gasteiger charge is -2.32. The van der Waals surface area contributed by atoms with Gasteiger partial charge in [0.25, 0.3) is 0 Å². The van der Waals surface area contributed by atoms with Crippen molar-refractivity contribution in [2.75, 3.05) is 6.54 Å². The molecule has 0 spiro atoms. The molecule has 1 aromatic heterocycles. The lowest BCUT2D eigenvalue weighted by molar-refractivity contribution is -0.160. The van der Waals surface area contributed by atoms with E-state index in [1.807, 2.05) is 30.4 Å². The van der Waals surface area contributed by atoms with Crippen molar-refractivity contribution in [3.8, 4) is 0 Å². The van der Waals surface area contributed by atoms with Gasteiger partial charge in [-0.3, -0.25) is 14.3 Å². The Kier molecular flexibility index (Phi) is 10.5. The van der Waals surface area contributed by atoms with Crippen LogP contribution in [0.2, 0.25) is 0 Å². The Bertz CT molecular complexity index is 1360. The minimum atomic E-state index is -4.43. The molecule has 11 heteroatoms. The lowest BCUT2D eigenvalue weighted by Crippen LogP contribution is -2.31. The monoisotopic (exact) mass is 625 g/mol. The second-order valence-corrected chi connectivity index (χ2v) is 12.0. The first-order valence-corrected chi connectivity index (χ1v) is 15.1. The fraction of sp³-hybridized carbons (Fsp3) is 0.516. The van der Waals surface area contributed by atoms with Gasteiger partial charge in [-0.1, -0.05) is 72.5 Å². The Morgan fingerprint density at radius 1 is 1.21 bits per heavy atom. The van der Waals surface area contributed by atoms with E-state index < -0.39 is 18.1 Å². The highest BCUT2D eigenvalue weighted by Gasteiger charge is 2.44. The van der Waals surface area contributed by atoms with E-state index >= 15 is 0 Å². The number of hydrogen-bond acceptors (Lipinski definition) is 3. The Labute approximate surface area is 254 Å². The zero-order valence-electron chi connectivity index (χ0n) is 23.7. The van der Waals surface area contributed by atoms with Gasteiger partial charge in [0.2, 0.25) is 5.91 Å². The SMILES string of the molecule is CCCC(C1=CCC(C(=O)NCCC(=O)O)CC=C1)C(C1=CC=C(Cl)CC1)c1nn(C)c2c1CC(C(F)(F)F)C=C2Cl. The second kappa shape index (κ2) is 13.7. The molecule has 3 aliphatic carbocycles. The predicted molar refractivity (Wildman–Crippen MR) is 158 cm³/mol. The van der Waals surface area contributed by atoms with Crippen LogP contribution in [0.4, 0.5) is 13.2 Å². The predicted octanol–water partition coefficient (Wildman–Crippen LogP) is 7.56. The van der Waals surface area contributed by atoms with Crippen LogP contribution in [0.3, 0.4) is 0 Å². The Balaban J connectivity index is 1.75. The number of amides is 1. The first-order valence-electron chi connectivity index (χ1n) is 14.3. The average molecular weight is 627 g/mol. The third kappa shape index (κ3) is 7.40. The van der Waals surface area contributed by atoms with Crippen LogP contribution in [-0.4, -0.2) is 39.5 Å². The number of nitrogens with zero attached hydrogens (tertiary/aromatic N) is 2. The van der Waals surface area contributed by atoms with E-state index in [2.05, 4.69) is 12.2 Å². The Morgan fingerprint density at radius 2 is 1.98 bits per heavy atom. The third-order valence-corrected chi connectivity index (χ3v) is 8.85. The molecule has 0 aliphatic heterocycles. The molecule has 4 unspecified atom stereocenters. The number of allylic oxidation sites excluding steroid dienone is 9. The smallest absolute Gasteiger partial charge is 0.395 e. The van der Waals surface area contributed by atoms with Crippen molar-refractivity contribution >= 4 is 40.1 Å². The van der Waals surface area contributed by atoms with Crippen molar-refractivity contribution in [2.24, 2.45) is 24.8 Å². The summed E-state index contributed by atoms with van der Waals surface area (Å²) < 4.78 is 43.4. The summed E-state index contributed by atoms with van der Waals surface area (Å²) >= 11 is 12.8. The summed E-state index contributed by atoms with van der Waals surface area (Å²) in [5.74, 6) is -3.63. The molecular formula is C31H36Cl2F3N3O3. The van der Waals surface area contributed by atoms with Crippen LogP contribution in [-0.2, 0) is 23.1 Å². The molecule has 4 rings (SSSR count). The van der Waals surface area contributed by atoms with Crippen molar-refractivity contribution in [1.82, 2.24) is 15.1 Å². The van der Waals surface area contributed by atoms with Crippen molar-refractivity contribution in [3.05, 3.63) is 69.6 Å². The molecule has 1 aromatic rings. The van der Waals surface area contributed by atoms with Crippen LogP contribution >= 0.6 is 23.2 Å². The average Bonchev–Trinajstić information content (AvgIpc) is 3.08. The molecule has 0 aromatic carbocycles. The van der Waals surface area contributed by atoms with E-state index in [4.69, 9.17) is 33.4 Å².